The van der Waals surface area contributed by atoms with Crippen LogP contribution in [0.1, 0.15) is 10.4 Å². The van der Waals surface area contributed by atoms with Gasteiger partial charge in [-0.3, -0.25) is 0 Å². The van der Waals surface area contributed by atoms with Crippen molar-refractivity contribution in [3.05, 3.63) is 48.1 Å². The topological polar surface area (TPSA) is 145 Å². The third-order valence-electron chi connectivity index (χ3n) is 3.06. The van der Waals surface area contributed by atoms with Gasteiger partial charge < -0.3 is 25.2 Å². The zero-order valence-corrected chi connectivity index (χ0v) is 17.0. The number of carboxylic acid groups (broad SMARTS) is 2. The zero-order valence-electron chi connectivity index (χ0n) is 13.0. The second-order valence-corrected chi connectivity index (χ2v) is 4.49. The van der Waals surface area contributed by atoms with Gasteiger partial charge in [-0.25, -0.2) is 4.79 Å². The molecule has 2 unspecified atom stereocenters. The van der Waals surface area contributed by atoms with Gasteiger partial charge in [-0.2, -0.15) is 10.2 Å². The van der Waals surface area contributed by atoms with Gasteiger partial charge in [0.25, 0.3) is 0 Å². The Morgan fingerprint density at radius 1 is 1.21 bits per heavy atom. The molecule has 0 aliphatic heterocycles. The molecule has 1 aromatic carbocycles. The van der Waals surface area contributed by atoms with E-state index in [1.807, 2.05) is 0 Å². The SMILES string of the molecule is O=C(O)c1ccc(N=NC2(C(=O)[O-])C=CC=CC2O)cc1[O-].[Na+].[Na+]. The van der Waals surface area contributed by atoms with E-state index in [1.165, 1.54) is 24.3 Å². The molecule has 114 valence electrons. The van der Waals surface area contributed by atoms with Gasteiger partial charge in [0.15, 0.2) is 5.54 Å². The Labute approximate surface area is 181 Å². The van der Waals surface area contributed by atoms with Crippen LogP contribution in [0.5, 0.6) is 5.75 Å². The van der Waals surface area contributed by atoms with Crippen LogP contribution in [0.15, 0.2) is 52.7 Å². The van der Waals surface area contributed by atoms with Crippen LogP contribution in [-0.4, -0.2) is 33.8 Å². The average Bonchev–Trinajstić information content (AvgIpc) is 2.46. The van der Waals surface area contributed by atoms with Crippen LogP contribution < -0.4 is 69.3 Å². The van der Waals surface area contributed by atoms with E-state index in [0.29, 0.717) is 0 Å². The first-order valence-electron chi connectivity index (χ1n) is 6.09. The summed E-state index contributed by atoms with van der Waals surface area (Å²) in [5, 5.41) is 48.5. The third-order valence-corrected chi connectivity index (χ3v) is 3.06. The van der Waals surface area contributed by atoms with E-state index in [0.717, 1.165) is 18.2 Å². The Morgan fingerprint density at radius 3 is 2.38 bits per heavy atom. The van der Waals surface area contributed by atoms with E-state index >= 15 is 0 Å². The van der Waals surface area contributed by atoms with Crippen LogP contribution in [0.4, 0.5) is 5.69 Å². The molecule has 0 bridgehead atoms. The van der Waals surface area contributed by atoms with Crippen LogP contribution in [0.25, 0.3) is 0 Å². The predicted molar refractivity (Wildman–Crippen MR) is 69.4 cm³/mol. The molecule has 2 atom stereocenters. The molecule has 0 saturated carbocycles. The minimum atomic E-state index is -2.09. The molecule has 0 radical (unpaired) electrons. The van der Waals surface area contributed by atoms with Gasteiger partial charge in [0.2, 0.25) is 0 Å². The predicted octanol–water partition coefficient (Wildman–Crippen LogP) is -6.47. The first kappa shape index (κ1) is 23.0. The van der Waals surface area contributed by atoms with E-state index in [1.54, 1.807) is 0 Å². The molecule has 1 aliphatic carbocycles. The summed E-state index contributed by atoms with van der Waals surface area (Å²) < 4.78 is 0. The Kier molecular flexibility index (Phi) is 9.08. The van der Waals surface area contributed by atoms with E-state index in [2.05, 4.69) is 10.2 Å². The Hall–Kier alpha value is -1.000. The molecule has 0 spiro atoms. The van der Waals surface area contributed by atoms with Crippen molar-refractivity contribution < 1.29 is 89.1 Å². The molecule has 0 amide bonds. The van der Waals surface area contributed by atoms with E-state index in [9.17, 15) is 24.9 Å². The molecule has 0 saturated heterocycles. The number of carbonyl (C=O) groups is 2. The maximum atomic E-state index is 11.5. The van der Waals surface area contributed by atoms with Crippen molar-refractivity contribution in [2.24, 2.45) is 10.2 Å². The van der Waals surface area contributed by atoms with E-state index in [-0.39, 0.29) is 64.8 Å². The Balaban J connectivity index is 0.00000264. The van der Waals surface area contributed by atoms with Crippen molar-refractivity contribution in [3.63, 3.8) is 0 Å². The van der Waals surface area contributed by atoms with Crippen LogP contribution in [-0.2, 0) is 4.79 Å². The standard InChI is InChI=1S/C14H12N2O6.2Na/c17-10-7-8(4-5-9(10)12(19)20)15-16-14(13(21)22)6-2-1-3-11(14)18;;/h1-7,11,17-18H,(H,19,20)(H,21,22);;/q;2*+1/p-2. The number of allylic oxidation sites excluding steroid dienone is 2. The van der Waals surface area contributed by atoms with Gasteiger partial charge in [-0.1, -0.05) is 24.0 Å². The van der Waals surface area contributed by atoms with Gasteiger partial charge in [-0.05, 0) is 24.3 Å². The number of aliphatic hydroxyl groups is 1. The molecular formula is C14H10N2Na2O6. The van der Waals surface area contributed by atoms with Crippen LogP contribution >= 0.6 is 0 Å². The number of hydrogen-bond donors (Lipinski definition) is 2. The maximum Gasteiger partial charge on any atom is 1.00 e. The van der Waals surface area contributed by atoms with Gasteiger partial charge in [-0.15, -0.1) is 0 Å². The summed E-state index contributed by atoms with van der Waals surface area (Å²) in [6.45, 7) is 0. The molecule has 2 rings (SSSR count). The van der Waals surface area contributed by atoms with Crippen LogP contribution in [0.2, 0.25) is 0 Å². The average molecular weight is 348 g/mol. The molecule has 0 aromatic heterocycles. The molecule has 1 aliphatic rings. The zero-order chi connectivity index (χ0) is 16.3. The molecule has 1 aromatic rings. The minimum absolute atomic E-state index is 0. The number of benzene rings is 1. The summed E-state index contributed by atoms with van der Waals surface area (Å²) in [4.78, 5) is 22.0. The number of aliphatic carboxylic acids is 1. The fraction of sp³-hybridized carbons (Fsp3) is 0.143. The summed E-state index contributed by atoms with van der Waals surface area (Å²) in [6, 6.07) is 3.15. The number of rotatable bonds is 4. The molecule has 8 nitrogen and oxygen atoms in total. The van der Waals surface area contributed by atoms with Crippen molar-refractivity contribution in [2.45, 2.75) is 11.6 Å². The second kappa shape index (κ2) is 9.47. The quantitative estimate of drug-likeness (QED) is 0.409. The number of carboxylic acids is 2. The van der Waals surface area contributed by atoms with Crippen molar-refractivity contribution in [3.8, 4) is 5.75 Å². The van der Waals surface area contributed by atoms with Gasteiger partial charge in [0, 0.05) is 0 Å². The summed E-state index contributed by atoms with van der Waals surface area (Å²) in [5.41, 5.74) is -2.57. The van der Waals surface area contributed by atoms with Gasteiger partial charge in [0.05, 0.1) is 17.2 Å². The molecule has 10 heteroatoms. The Morgan fingerprint density at radius 2 is 1.88 bits per heavy atom. The Bertz CT molecular complexity index is 719. The fourth-order valence-corrected chi connectivity index (χ4v) is 1.83. The van der Waals surface area contributed by atoms with Crippen molar-refractivity contribution >= 4 is 17.6 Å². The number of aromatic carboxylic acids is 1. The first-order chi connectivity index (χ1) is 10.4. The van der Waals surface area contributed by atoms with Gasteiger partial charge in [0.1, 0.15) is 6.10 Å². The number of azo groups is 1. The number of aliphatic hydroxyl groups excluding tert-OH is 1. The number of carbonyl (C=O) groups excluding carboxylic acids is 1. The largest absolute Gasteiger partial charge is 1.00 e. The van der Waals surface area contributed by atoms with Crippen LogP contribution in [0, 0.1) is 0 Å². The van der Waals surface area contributed by atoms with Crippen molar-refractivity contribution in [2.75, 3.05) is 0 Å². The third kappa shape index (κ3) is 4.76. The summed E-state index contributed by atoms with van der Waals surface area (Å²) >= 11 is 0. The summed E-state index contributed by atoms with van der Waals surface area (Å²) in [5.74, 6) is -3.82. The molecule has 2 N–H and O–H groups in total. The van der Waals surface area contributed by atoms with Crippen molar-refractivity contribution in [1.82, 2.24) is 0 Å². The summed E-state index contributed by atoms with van der Waals surface area (Å²) in [7, 11) is 0. The van der Waals surface area contributed by atoms with Crippen LogP contribution in [0.3, 0.4) is 0 Å². The summed E-state index contributed by atoms with van der Waals surface area (Å²) in [6.07, 6.45) is 3.66. The number of nitrogens with zero attached hydrogens (tertiary/aromatic N) is 2. The van der Waals surface area contributed by atoms with Crippen molar-refractivity contribution in [1.29, 1.82) is 0 Å². The monoisotopic (exact) mass is 348 g/mol. The molecule has 0 heterocycles. The number of hydrogen-bond acceptors (Lipinski definition) is 7. The molecule has 0 fully saturated rings. The fourth-order valence-electron chi connectivity index (χ4n) is 1.83. The molecule has 24 heavy (non-hydrogen) atoms. The smallest absolute Gasteiger partial charge is 0.872 e. The maximum absolute atomic E-state index is 11.5. The van der Waals surface area contributed by atoms with E-state index in [4.69, 9.17) is 5.11 Å². The molecular weight excluding hydrogens is 338 g/mol. The first-order valence-corrected chi connectivity index (χ1v) is 6.09. The second-order valence-electron chi connectivity index (χ2n) is 4.49. The van der Waals surface area contributed by atoms with E-state index < -0.39 is 34.9 Å². The van der Waals surface area contributed by atoms with Gasteiger partial charge >= 0.3 is 65.1 Å². The minimum Gasteiger partial charge on any atom is -0.872 e. The normalized spacial score (nSPS) is 21.8.